The van der Waals surface area contributed by atoms with Gasteiger partial charge in [0.15, 0.2) is 11.6 Å². The highest BCUT2D eigenvalue weighted by Crippen LogP contribution is 2.28. The van der Waals surface area contributed by atoms with E-state index in [1.807, 2.05) is 0 Å². The van der Waals surface area contributed by atoms with E-state index in [1.54, 1.807) is 18.2 Å². The van der Waals surface area contributed by atoms with E-state index in [1.165, 1.54) is 18.3 Å². The van der Waals surface area contributed by atoms with Crippen LogP contribution in [0.5, 0.6) is 11.5 Å². The molecule has 0 aliphatic rings. The van der Waals surface area contributed by atoms with Crippen molar-refractivity contribution in [2.45, 2.75) is 0 Å². The number of ether oxygens (including phenoxy) is 1. The molecule has 2 aromatic rings. The van der Waals surface area contributed by atoms with Crippen LogP contribution in [0, 0.1) is 5.82 Å². The van der Waals surface area contributed by atoms with Crippen LogP contribution in [0.15, 0.2) is 36.5 Å². The summed E-state index contributed by atoms with van der Waals surface area (Å²) in [5, 5.41) is 0.000199. The molecule has 3 nitrogen and oxygen atoms in total. The van der Waals surface area contributed by atoms with Crippen LogP contribution in [-0.2, 0) is 0 Å². The highest BCUT2D eigenvalue weighted by Gasteiger charge is 2.08. The number of aromatic nitrogens is 1. The maximum atomic E-state index is 13.6. The molecule has 0 bridgehead atoms. The van der Waals surface area contributed by atoms with E-state index in [0.29, 0.717) is 11.4 Å². The molecule has 0 aliphatic carbocycles. The van der Waals surface area contributed by atoms with Crippen LogP contribution in [0.3, 0.4) is 0 Å². The fraction of sp³-hybridized carbons (Fsp3) is 0. The summed E-state index contributed by atoms with van der Waals surface area (Å²) in [5.41, 5.74) is 5.89. The van der Waals surface area contributed by atoms with Gasteiger partial charge in [-0.25, -0.2) is 9.37 Å². The zero-order valence-electron chi connectivity index (χ0n) is 9.06. The first-order chi connectivity index (χ1) is 8.58. The second-order valence-corrected chi connectivity index (χ2v) is 4.24. The lowest BCUT2D eigenvalue weighted by atomic mass is 10.3. The number of thiocarbonyl (C=S) groups is 1. The van der Waals surface area contributed by atoms with E-state index in [9.17, 15) is 4.39 Å². The zero-order chi connectivity index (χ0) is 13.1. The molecule has 18 heavy (non-hydrogen) atoms. The lowest BCUT2D eigenvalue weighted by molar-refractivity contribution is 0.441. The number of rotatable bonds is 3. The first kappa shape index (κ1) is 12.7. The van der Waals surface area contributed by atoms with Gasteiger partial charge in [0.1, 0.15) is 10.7 Å². The Morgan fingerprint density at radius 2 is 2.11 bits per heavy atom. The Kier molecular flexibility index (Phi) is 3.74. The molecule has 92 valence electrons. The third-order valence-corrected chi connectivity index (χ3v) is 2.63. The lowest BCUT2D eigenvalue weighted by Crippen LogP contribution is -2.10. The monoisotopic (exact) mass is 282 g/mol. The van der Waals surface area contributed by atoms with Crippen molar-refractivity contribution in [3.8, 4) is 11.5 Å². The average Bonchev–Trinajstić information content (AvgIpc) is 2.36. The Bertz CT molecular complexity index is 589. The summed E-state index contributed by atoms with van der Waals surface area (Å²) >= 11 is 10.4. The number of pyridine rings is 1. The second kappa shape index (κ2) is 5.29. The highest BCUT2D eigenvalue weighted by molar-refractivity contribution is 7.80. The summed E-state index contributed by atoms with van der Waals surface area (Å²) in [5.74, 6) is -0.207. The normalized spacial score (nSPS) is 10.1. The van der Waals surface area contributed by atoms with Gasteiger partial charge >= 0.3 is 0 Å². The van der Waals surface area contributed by atoms with E-state index in [0.717, 1.165) is 0 Å². The summed E-state index contributed by atoms with van der Waals surface area (Å²) < 4.78 is 18.9. The van der Waals surface area contributed by atoms with Gasteiger partial charge in [-0.05, 0) is 24.3 Å². The van der Waals surface area contributed by atoms with Gasteiger partial charge in [0.25, 0.3) is 0 Å². The van der Waals surface area contributed by atoms with Crippen LogP contribution in [0.2, 0.25) is 5.02 Å². The Morgan fingerprint density at radius 1 is 1.33 bits per heavy atom. The van der Waals surface area contributed by atoms with Gasteiger partial charge < -0.3 is 10.5 Å². The molecule has 0 saturated carbocycles. The first-order valence-electron chi connectivity index (χ1n) is 4.95. The summed E-state index contributed by atoms with van der Waals surface area (Å²) in [7, 11) is 0. The molecule has 1 aromatic carbocycles. The SMILES string of the molecule is NC(=S)c1ccc(Oc2cccc(Cl)c2F)cn1. The zero-order valence-corrected chi connectivity index (χ0v) is 10.6. The Labute approximate surface area is 113 Å². The molecule has 2 N–H and O–H groups in total. The van der Waals surface area contributed by atoms with Gasteiger partial charge in [0.05, 0.1) is 16.9 Å². The summed E-state index contributed by atoms with van der Waals surface area (Å²) in [6, 6.07) is 7.71. The number of nitrogens with zero attached hydrogens (tertiary/aromatic N) is 1. The molecule has 0 spiro atoms. The molecule has 0 radical (unpaired) electrons. The predicted molar refractivity (Wildman–Crippen MR) is 71.6 cm³/mol. The van der Waals surface area contributed by atoms with Gasteiger partial charge in [-0.2, -0.15) is 0 Å². The highest BCUT2D eigenvalue weighted by atomic mass is 35.5. The van der Waals surface area contributed by atoms with Crippen molar-refractivity contribution in [1.82, 2.24) is 4.98 Å². The molecule has 1 heterocycles. The number of benzene rings is 1. The third-order valence-electron chi connectivity index (χ3n) is 2.13. The van der Waals surface area contributed by atoms with Crippen molar-refractivity contribution in [2.75, 3.05) is 0 Å². The van der Waals surface area contributed by atoms with Gasteiger partial charge in [-0.15, -0.1) is 0 Å². The summed E-state index contributed by atoms with van der Waals surface area (Å²) in [6.07, 6.45) is 1.41. The van der Waals surface area contributed by atoms with Crippen LogP contribution in [-0.4, -0.2) is 9.97 Å². The lowest BCUT2D eigenvalue weighted by Gasteiger charge is -2.07. The van der Waals surface area contributed by atoms with Gasteiger partial charge in [0, 0.05) is 0 Å². The molecule has 2 rings (SSSR count). The van der Waals surface area contributed by atoms with Crippen molar-refractivity contribution in [1.29, 1.82) is 0 Å². The fourth-order valence-corrected chi connectivity index (χ4v) is 1.56. The third kappa shape index (κ3) is 2.75. The van der Waals surface area contributed by atoms with Crippen LogP contribution in [0.1, 0.15) is 5.69 Å². The predicted octanol–water partition coefficient (Wildman–Crippen LogP) is 3.30. The van der Waals surface area contributed by atoms with E-state index in [4.69, 9.17) is 34.3 Å². The number of hydrogen-bond acceptors (Lipinski definition) is 3. The molecule has 0 amide bonds. The quantitative estimate of drug-likeness (QED) is 0.878. The van der Waals surface area contributed by atoms with Crippen LogP contribution in [0.4, 0.5) is 4.39 Å². The topological polar surface area (TPSA) is 48.1 Å². The van der Waals surface area contributed by atoms with Gasteiger partial charge in [-0.1, -0.05) is 29.9 Å². The molecular formula is C12H8ClFN2OS. The van der Waals surface area contributed by atoms with Crippen LogP contribution in [0.25, 0.3) is 0 Å². The fourth-order valence-electron chi connectivity index (χ4n) is 1.28. The second-order valence-electron chi connectivity index (χ2n) is 3.40. The van der Waals surface area contributed by atoms with Crippen molar-refractivity contribution in [3.63, 3.8) is 0 Å². The number of hydrogen-bond donors (Lipinski definition) is 1. The smallest absolute Gasteiger partial charge is 0.184 e. The molecule has 1 aromatic heterocycles. The minimum absolute atomic E-state index is 0.000199. The van der Waals surface area contributed by atoms with Crippen LogP contribution < -0.4 is 10.5 Å². The molecule has 0 aliphatic heterocycles. The van der Waals surface area contributed by atoms with E-state index in [2.05, 4.69) is 4.98 Å². The van der Waals surface area contributed by atoms with Crippen molar-refractivity contribution < 1.29 is 9.13 Å². The summed E-state index contributed by atoms with van der Waals surface area (Å²) in [4.78, 5) is 4.17. The molecule has 0 atom stereocenters. The molecular weight excluding hydrogens is 275 g/mol. The van der Waals surface area contributed by atoms with Crippen LogP contribution >= 0.6 is 23.8 Å². The Hall–Kier alpha value is -1.72. The number of halogens is 2. The maximum absolute atomic E-state index is 13.6. The molecule has 0 saturated heterocycles. The van der Waals surface area contributed by atoms with Gasteiger partial charge in [0.2, 0.25) is 0 Å². The van der Waals surface area contributed by atoms with E-state index >= 15 is 0 Å². The Morgan fingerprint density at radius 3 is 2.72 bits per heavy atom. The molecule has 6 heteroatoms. The average molecular weight is 283 g/mol. The standard InChI is InChI=1S/C12H8ClFN2OS/c13-8-2-1-3-10(11(8)14)17-7-4-5-9(12(15)18)16-6-7/h1-6H,(H2,15,18). The largest absolute Gasteiger partial charge is 0.453 e. The van der Waals surface area contributed by atoms with Crippen molar-refractivity contribution in [3.05, 3.63) is 53.1 Å². The number of nitrogens with two attached hydrogens (primary N) is 1. The van der Waals surface area contributed by atoms with E-state index in [-0.39, 0.29) is 15.8 Å². The minimum atomic E-state index is -0.613. The first-order valence-corrected chi connectivity index (χ1v) is 5.74. The minimum Gasteiger partial charge on any atom is -0.453 e. The molecule has 0 unspecified atom stereocenters. The molecule has 0 fully saturated rings. The summed E-state index contributed by atoms with van der Waals surface area (Å²) in [6.45, 7) is 0. The van der Waals surface area contributed by atoms with E-state index < -0.39 is 5.82 Å². The Balaban J connectivity index is 2.24. The van der Waals surface area contributed by atoms with Crippen molar-refractivity contribution >= 4 is 28.8 Å². The maximum Gasteiger partial charge on any atom is 0.184 e. The van der Waals surface area contributed by atoms with Crippen molar-refractivity contribution in [2.24, 2.45) is 5.73 Å². The van der Waals surface area contributed by atoms with Gasteiger partial charge in [-0.3, -0.25) is 0 Å².